The fourth-order valence-electron chi connectivity index (χ4n) is 1.86. The first-order valence-corrected chi connectivity index (χ1v) is 7.21. The zero-order valence-electron chi connectivity index (χ0n) is 11.8. The summed E-state index contributed by atoms with van der Waals surface area (Å²) in [7, 11) is 1.65. The van der Waals surface area contributed by atoms with Crippen LogP contribution in [0.25, 0.3) is 10.6 Å². The minimum Gasteiger partial charge on any atom is -0.383 e. The maximum absolute atomic E-state index is 11.0. The second-order valence-electron chi connectivity index (χ2n) is 4.38. The van der Waals surface area contributed by atoms with Crippen LogP contribution < -0.4 is 5.32 Å². The van der Waals surface area contributed by atoms with Gasteiger partial charge in [-0.25, -0.2) is 0 Å². The Morgan fingerprint density at radius 3 is 2.95 bits per heavy atom. The summed E-state index contributed by atoms with van der Waals surface area (Å²) in [6, 6.07) is 4.98. The lowest BCUT2D eigenvalue weighted by atomic mass is 10.1. The second kappa shape index (κ2) is 7.21. The van der Waals surface area contributed by atoms with E-state index in [0.29, 0.717) is 23.7 Å². The molecule has 0 bridgehead atoms. The molecule has 2 rings (SSSR count). The molecule has 0 amide bonds. The van der Waals surface area contributed by atoms with Gasteiger partial charge in [0.1, 0.15) is 10.0 Å². The normalized spacial score (nSPS) is 10.8. The van der Waals surface area contributed by atoms with Gasteiger partial charge in [0.25, 0.3) is 5.69 Å². The number of benzene rings is 1. The molecule has 0 aliphatic carbocycles. The molecule has 0 saturated heterocycles. The lowest BCUT2D eigenvalue weighted by molar-refractivity contribution is -0.385. The minimum atomic E-state index is -0.382. The van der Waals surface area contributed by atoms with Crippen molar-refractivity contribution >= 4 is 17.0 Å². The van der Waals surface area contributed by atoms with E-state index >= 15 is 0 Å². The Bertz CT molecular complexity index is 630. The first-order chi connectivity index (χ1) is 10.1. The van der Waals surface area contributed by atoms with Crippen molar-refractivity contribution in [2.45, 2.75) is 13.5 Å². The summed E-state index contributed by atoms with van der Waals surface area (Å²) < 4.78 is 4.95. The highest BCUT2D eigenvalue weighted by Crippen LogP contribution is 2.31. The summed E-state index contributed by atoms with van der Waals surface area (Å²) in [4.78, 5) is 10.6. The van der Waals surface area contributed by atoms with Crippen LogP contribution in [0.3, 0.4) is 0 Å². The number of nitro benzene ring substituents is 1. The number of hydrogen-bond acceptors (Lipinski definition) is 7. The summed E-state index contributed by atoms with van der Waals surface area (Å²) in [5.41, 5.74) is 1.46. The Kier molecular flexibility index (Phi) is 5.32. The molecule has 7 nitrogen and oxygen atoms in total. The van der Waals surface area contributed by atoms with Crippen LogP contribution in [0.2, 0.25) is 0 Å². The lowest BCUT2D eigenvalue weighted by Gasteiger charge is -2.02. The van der Waals surface area contributed by atoms with E-state index in [2.05, 4.69) is 15.5 Å². The van der Waals surface area contributed by atoms with Gasteiger partial charge in [-0.15, -0.1) is 10.2 Å². The zero-order valence-corrected chi connectivity index (χ0v) is 12.6. The number of hydrogen-bond donors (Lipinski definition) is 1. The molecule has 0 fully saturated rings. The van der Waals surface area contributed by atoms with Crippen molar-refractivity contribution in [3.05, 3.63) is 38.9 Å². The molecule has 112 valence electrons. The molecular formula is C13H16N4O3S. The predicted molar refractivity (Wildman–Crippen MR) is 80.3 cm³/mol. The van der Waals surface area contributed by atoms with Crippen LogP contribution in [-0.4, -0.2) is 35.4 Å². The third-order valence-electron chi connectivity index (χ3n) is 2.96. The molecule has 1 aromatic heterocycles. The van der Waals surface area contributed by atoms with Crippen molar-refractivity contribution in [1.29, 1.82) is 0 Å². The van der Waals surface area contributed by atoms with E-state index in [0.717, 1.165) is 17.1 Å². The van der Waals surface area contributed by atoms with Gasteiger partial charge in [0, 0.05) is 37.4 Å². The summed E-state index contributed by atoms with van der Waals surface area (Å²) in [5, 5.41) is 23.9. The van der Waals surface area contributed by atoms with Gasteiger partial charge in [0.15, 0.2) is 0 Å². The molecule has 0 aliphatic rings. The number of methoxy groups -OCH3 is 1. The van der Waals surface area contributed by atoms with Crippen molar-refractivity contribution < 1.29 is 9.66 Å². The van der Waals surface area contributed by atoms with Crippen molar-refractivity contribution in [2.24, 2.45) is 0 Å². The van der Waals surface area contributed by atoms with Crippen molar-refractivity contribution in [2.75, 3.05) is 20.3 Å². The van der Waals surface area contributed by atoms with E-state index < -0.39 is 0 Å². The number of nitrogens with zero attached hydrogens (tertiary/aromatic N) is 3. The maximum atomic E-state index is 11.0. The van der Waals surface area contributed by atoms with Gasteiger partial charge >= 0.3 is 0 Å². The van der Waals surface area contributed by atoms with Crippen molar-refractivity contribution in [1.82, 2.24) is 15.5 Å². The van der Waals surface area contributed by atoms with Crippen molar-refractivity contribution in [3.63, 3.8) is 0 Å². The smallest absolute Gasteiger partial charge is 0.273 e. The third kappa shape index (κ3) is 3.81. The average molecular weight is 308 g/mol. The van der Waals surface area contributed by atoms with Gasteiger partial charge < -0.3 is 10.1 Å². The highest BCUT2D eigenvalue weighted by atomic mass is 32.1. The van der Waals surface area contributed by atoms with E-state index in [1.807, 2.05) is 6.07 Å². The van der Waals surface area contributed by atoms with Gasteiger partial charge in [0.05, 0.1) is 11.5 Å². The summed E-state index contributed by atoms with van der Waals surface area (Å²) >= 11 is 1.43. The Morgan fingerprint density at radius 2 is 2.24 bits per heavy atom. The summed E-state index contributed by atoms with van der Waals surface area (Å²) in [6.45, 7) is 3.71. The van der Waals surface area contributed by atoms with Gasteiger partial charge in [0.2, 0.25) is 0 Å². The van der Waals surface area contributed by atoms with Gasteiger partial charge in [-0.3, -0.25) is 10.1 Å². The standard InChI is InChI=1S/C13H16N4O3S/c1-9-10(4-3-5-11(9)17(18)19)13-16-15-12(21-13)8-14-6-7-20-2/h3-5,14H,6-8H2,1-2H3. The molecule has 21 heavy (non-hydrogen) atoms. The molecule has 0 aliphatic heterocycles. The number of aromatic nitrogens is 2. The third-order valence-corrected chi connectivity index (χ3v) is 3.91. The fraction of sp³-hybridized carbons (Fsp3) is 0.385. The Morgan fingerprint density at radius 1 is 1.43 bits per heavy atom. The van der Waals surface area contributed by atoms with Crippen LogP contribution in [-0.2, 0) is 11.3 Å². The quantitative estimate of drug-likeness (QED) is 0.479. The van der Waals surface area contributed by atoms with Crippen LogP contribution in [0.15, 0.2) is 18.2 Å². The van der Waals surface area contributed by atoms with E-state index in [4.69, 9.17) is 4.74 Å². The number of ether oxygens (including phenoxy) is 1. The average Bonchev–Trinajstić information content (AvgIpc) is 2.92. The zero-order chi connectivity index (χ0) is 15.2. The summed E-state index contributed by atoms with van der Waals surface area (Å²) in [6.07, 6.45) is 0. The largest absolute Gasteiger partial charge is 0.383 e. The molecule has 8 heteroatoms. The Balaban J connectivity index is 2.14. The molecule has 0 radical (unpaired) electrons. The molecular weight excluding hydrogens is 292 g/mol. The maximum Gasteiger partial charge on any atom is 0.273 e. The highest BCUT2D eigenvalue weighted by Gasteiger charge is 2.16. The molecule has 1 N–H and O–H groups in total. The van der Waals surface area contributed by atoms with Crippen LogP contribution in [0.4, 0.5) is 5.69 Å². The van der Waals surface area contributed by atoms with Crippen LogP contribution >= 0.6 is 11.3 Å². The van der Waals surface area contributed by atoms with E-state index in [1.165, 1.54) is 17.4 Å². The molecule has 1 heterocycles. The molecule has 0 spiro atoms. The monoisotopic (exact) mass is 308 g/mol. The molecule has 1 aromatic carbocycles. The lowest BCUT2D eigenvalue weighted by Crippen LogP contribution is -2.18. The van der Waals surface area contributed by atoms with E-state index in [-0.39, 0.29) is 10.6 Å². The first kappa shape index (κ1) is 15.5. The first-order valence-electron chi connectivity index (χ1n) is 6.40. The summed E-state index contributed by atoms with van der Waals surface area (Å²) in [5.74, 6) is 0. The molecule has 0 unspecified atom stereocenters. The second-order valence-corrected chi connectivity index (χ2v) is 5.44. The van der Waals surface area contributed by atoms with Crippen molar-refractivity contribution in [3.8, 4) is 10.6 Å². The van der Waals surface area contributed by atoms with E-state index in [1.54, 1.807) is 20.1 Å². The van der Waals surface area contributed by atoms with Crippen LogP contribution in [0.1, 0.15) is 10.6 Å². The van der Waals surface area contributed by atoms with Crippen LogP contribution in [0.5, 0.6) is 0 Å². The fourth-order valence-corrected chi connectivity index (χ4v) is 2.75. The number of rotatable bonds is 7. The predicted octanol–water partition coefficient (Wildman–Crippen LogP) is 2.16. The van der Waals surface area contributed by atoms with Gasteiger partial charge in [-0.1, -0.05) is 23.5 Å². The number of nitro groups is 1. The van der Waals surface area contributed by atoms with Gasteiger partial charge in [-0.2, -0.15) is 0 Å². The number of nitrogens with one attached hydrogen (secondary N) is 1. The Hall–Kier alpha value is -1.90. The highest BCUT2D eigenvalue weighted by molar-refractivity contribution is 7.14. The molecule has 2 aromatic rings. The topological polar surface area (TPSA) is 90.2 Å². The molecule has 0 saturated carbocycles. The molecule has 0 atom stereocenters. The SMILES string of the molecule is COCCNCc1nnc(-c2cccc([N+](=O)[O-])c2C)s1. The van der Waals surface area contributed by atoms with E-state index in [9.17, 15) is 10.1 Å². The minimum absolute atomic E-state index is 0.0995. The van der Waals surface area contributed by atoms with Gasteiger partial charge in [-0.05, 0) is 6.92 Å². The van der Waals surface area contributed by atoms with Crippen LogP contribution in [0, 0.1) is 17.0 Å². The Labute approximate surface area is 126 Å².